The van der Waals surface area contributed by atoms with Crippen LogP contribution < -0.4 is 5.73 Å². The smallest absolute Gasteiger partial charge is 0.236 e. The Morgan fingerprint density at radius 1 is 1.33 bits per heavy atom. The number of amides is 1. The molecular formula is C15H21N3O3. The van der Waals surface area contributed by atoms with Crippen molar-refractivity contribution in [2.24, 2.45) is 16.3 Å². The van der Waals surface area contributed by atoms with Crippen molar-refractivity contribution < 1.29 is 15.1 Å². The number of amidine groups is 1. The van der Waals surface area contributed by atoms with E-state index < -0.39 is 5.41 Å². The third kappa shape index (κ3) is 3.00. The van der Waals surface area contributed by atoms with Crippen LogP contribution in [0.2, 0.25) is 0 Å². The van der Waals surface area contributed by atoms with Gasteiger partial charge in [0.15, 0.2) is 5.84 Å². The summed E-state index contributed by atoms with van der Waals surface area (Å²) in [6.45, 7) is 0.514. The molecule has 0 aliphatic heterocycles. The van der Waals surface area contributed by atoms with Crippen molar-refractivity contribution in [2.75, 3.05) is 13.2 Å². The molecule has 1 aromatic rings. The van der Waals surface area contributed by atoms with Gasteiger partial charge < -0.3 is 20.9 Å². The van der Waals surface area contributed by atoms with Crippen LogP contribution in [0, 0.1) is 5.41 Å². The Hall–Kier alpha value is -2.08. The zero-order valence-corrected chi connectivity index (χ0v) is 11.9. The first-order chi connectivity index (χ1) is 10.1. The second-order valence-electron chi connectivity index (χ2n) is 5.36. The number of nitrogens with zero attached hydrogens (tertiary/aromatic N) is 2. The maximum atomic E-state index is 12.8. The first-order valence-electron chi connectivity index (χ1n) is 7.06. The molecule has 1 saturated carbocycles. The van der Waals surface area contributed by atoms with E-state index in [0.29, 0.717) is 19.4 Å². The molecule has 0 bridgehead atoms. The molecule has 0 unspecified atom stereocenters. The van der Waals surface area contributed by atoms with Crippen molar-refractivity contribution in [3.8, 4) is 0 Å². The Morgan fingerprint density at radius 3 is 2.48 bits per heavy atom. The lowest BCUT2D eigenvalue weighted by molar-refractivity contribution is -0.143. The number of aliphatic hydroxyl groups excluding tert-OH is 1. The first-order valence-corrected chi connectivity index (χ1v) is 7.06. The highest BCUT2D eigenvalue weighted by atomic mass is 16.4. The summed E-state index contributed by atoms with van der Waals surface area (Å²) in [4.78, 5) is 14.4. The molecule has 1 amide bonds. The topological polar surface area (TPSA) is 99.2 Å². The average molecular weight is 291 g/mol. The highest BCUT2D eigenvalue weighted by Gasteiger charge is 2.50. The highest BCUT2D eigenvalue weighted by Crippen LogP contribution is 2.43. The van der Waals surface area contributed by atoms with Gasteiger partial charge in [0.2, 0.25) is 5.91 Å². The van der Waals surface area contributed by atoms with Crippen LogP contribution in [0.1, 0.15) is 24.8 Å². The van der Waals surface area contributed by atoms with E-state index in [-0.39, 0.29) is 24.9 Å². The maximum absolute atomic E-state index is 12.8. The monoisotopic (exact) mass is 291 g/mol. The molecule has 114 valence electrons. The van der Waals surface area contributed by atoms with Gasteiger partial charge in [-0.3, -0.25) is 4.79 Å². The van der Waals surface area contributed by atoms with Gasteiger partial charge in [0.05, 0.1) is 6.61 Å². The molecular weight excluding hydrogens is 270 g/mol. The fourth-order valence-electron chi connectivity index (χ4n) is 2.69. The standard InChI is InChI=1S/C15H21N3O3/c16-13(17-21)15(7-4-8-15)14(20)18(9-10-19)11-12-5-2-1-3-6-12/h1-3,5-6,19,21H,4,7-11H2,(H2,16,17). The highest BCUT2D eigenvalue weighted by molar-refractivity contribution is 6.07. The molecule has 0 heterocycles. The number of aliphatic hydroxyl groups is 1. The van der Waals surface area contributed by atoms with E-state index in [2.05, 4.69) is 5.16 Å². The average Bonchev–Trinajstić information content (AvgIpc) is 2.46. The van der Waals surface area contributed by atoms with Crippen molar-refractivity contribution in [3.05, 3.63) is 35.9 Å². The van der Waals surface area contributed by atoms with Gasteiger partial charge in [-0.2, -0.15) is 0 Å². The van der Waals surface area contributed by atoms with E-state index in [1.165, 1.54) is 0 Å². The zero-order chi connectivity index (χ0) is 15.3. The van der Waals surface area contributed by atoms with E-state index >= 15 is 0 Å². The lowest BCUT2D eigenvalue weighted by Gasteiger charge is -2.42. The molecule has 0 radical (unpaired) electrons. The summed E-state index contributed by atoms with van der Waals surface area (Å²) in [6.07, 6.45) is 2.04. The summed E-state index contributed by atoms with van der Waals surface area (Å²) in [5.74, 6) is -0.211. The van der Waals surface area contributed by atoms with Gasteiger partial charge >= 0.3 is 0 Å². The molecule has 0 aromatic heterocycles. The van der Waals surface area contributed by atoms with Crippen LogP contribution in [0.4, 0.5) is 0 Å². The molecule has 1 aliphatic carbocycles. The molecule has 1 aliphatic rings. The number of carbonyl (C=O) groups is 1. The Labute approximate surface area is 123 Å². The fraction of sp³-hybridized carbons (Fsp3) is 0.467. The number of nitrogens with two attached hydrogens (primary N) is 1. The van der Waals surface area contributed by atoms with Crippen LogP contribution in [-0.2, 0) is 11.3 Å². The third-order valence-corrected chi connectivity index (χ3v) is 4.09. The Balaban J connectivity index is 2.19. The van der Waals surface area contributed by atoms with Gasteiger partial charge in [-0.25, -0.2) is 0 Å². The van der Waals surface area contributed by atoms with E-state index in [0.717, 1.165) is 12.0 Å². The Kier molecular flexibility index (Phi) is 4.80. The van der Waals surface area contributed by atoms with Crippen LogP contribution in [0.15, 0.2) is 35.5 Å². The minimum atomic E-state index is -0.904. The third-order valence-electron chi connectivity index (χ3n) is 4.09. The molecule has 6 nitrogen and oxygen atoms in total. The van der Waals surface area contributed by atoms with Crippen molar-refractivity contribution in [3.63, 3.8) is 0 Å². The summed E-state index contributed by atoms with van der Waals surface area (Å²) in [5, 5.41) is 21.2. The molecule has 0 saturated heterocycles. The normalized spacial score (nSPS) is 17.1. The quantitative estimate of drug-likeness (QED) is 0.314. The minimum absolute atomic E-state index is 0.0326. The largest absolute Gasteiger partial charge is 0.409 e. The fourth-order valence-corrected chi connectivity index (χ4v) is 2.69. The van der Waals surface area contributed by atoms with E-state index in [1.807, 2.05) is 30.3 Å². The van der Waals surface area contributed by atoms with Gasteiger partial charge in [0, 0.05) is 13.1 Å². The van der Waals surface area contributed by atoms with Crippen LogP contribution >= 0.6 is 0 Å². The van der Waals surface area contributed by atoms with Crippen molar-refractivity contribution in [2.45, 2.75) is 25.8 Å². The Morgan fingerprint density at radius 2 is 2.00 bits per heavy atom. The number of hydrogen-bond donors (Lipinski definition) is 3. The van der Waals surface area contributed by atoms with Gasteiger partial charge in [0.1, 0.15) is 5.41 Å². The minimum Gasteiger partial charge on any atom is -0.409 e. The van der Waals surface area contributed by atoms with E-state index in [9.17, 15) is 9.90 Å². The molecule has 0 atom stereocenters. The predicted molar refractivity (Wildman–Crippen MR) is 78.6 cm³/mol. The summed E-state index contributed by atoms with van der Waals surface area (Å²) >= 11 is 0. The van der Waals surface area contributed by atoms with Crippen molar-refractivity contribution in [1.82, 2.24) is 4.90 Å². The van der Waals surface area contributed by atoms with Crippen molar-refractivity contribution in [1.29, 1.82) is 0 Å². The van der Waals surface area contributed by atoms with Crippen molar-refractivity contribution >= 4 is 11.7 Å². The van der Waals surface area contributed by atoms with E-state index in [1.54, 1.807) is 4.90 Å². The van der Waals surface area contributed by atoms with Gasteiger partial charge in [-0.05, 0) is 18.4 Å². The number of rotatable bonds is 6. The van der Waals surface area contributed by atoms with Gasteiger partial charge in [0.25, 0.3) is 0 Å². The summed E-state index contributed by atoms with van der Waals surface area (Å²) < 4.78 is 0. The first kappa shape index (κ1) is 15.3. The summed E-state index contributed by atoms with van der Waals surface area (Å²) in [7, 11) is 0. The molecule has 4 N–H and O–H groups in total. The number of benzene rings is 1. The van der Waals surface area contributed by atoms with Crippen LogP contribution in [0.25, 0.3) is 0 Å². The summed E-state index contributed by atoms with van der Waals surface area (Å²) in [6, 6.07) is 9.56. The summed E-state index contributed by atoms with van der Waals surface area (Å²) in [5.41, 5.74) is 5.81. The van der Waals surface area contributed by atoms with Crippen LogP contribution in [0.5, 0.6) is 0 Å². The predicted octanol–water partition coefficient (Wildman–Crippen LogP) is 0.924. The molecule has 0 spiro atoms. The zero-order valence-electron chi connectivity index (χ0n) is 11.9. The number of oxime groups is 1. The molecule has 6 heteroatoms. The van der Waals surface area contributed by atoms with Crippen LogP contribution in [0.3, 0.4) is 0 Å². The second kappa shape index (κ2) is 6.58. The van der Waals surface area contributed by atoms with Crippen LogP contribution in [-0.4, -0.2) is 40.1 Å². The number of hydrogen-bond acceptors (Lipinski definition) is 4. The van der Waals surface area contributed by atoms with Gasteiger partial charge in [-0.15, -0.1) is 0 Å². The molecule has 21 heavy (non-hydrogen) atoms. The van der Waals surface area contributed by atoms with Gasteiger partial charge in [-0.1, -0.05) is 41.9 Å². The number of carbonyl (C=O) groups excluding carboxylic acids is 1. The molecule has 1 fully saturated rings. The lowest BCUT2D eigenvalue weighted by atomic mass is 9.66. The maximum Gasteiger partial charge on any atom is 0.236 e. The lowest BCUT2D eigenvalue weighted by Crippen LogP contribution is -2.55. The molecule has 2 rings (SSSR count). The van der Waals surface area contributed by atoms with E-state index in [4.69, 9.17) is 10.9 Å². The second-order valence-corrected chi connectivity index (χ2v) is 5.36. The Bertz CT molecular complexity index is 512. The molecule has 1 aromatic carbocycles. The SMILES string of the molecule is N/C(=N/O)C1(C(=O)N(CCO)Cc2ccccc2)CCC1.